The van der Waals surface area contributed by atoms with Crippen molar-refractivity contribution in [1.29, 1.82) is 5.26 Å². The summed E-state index contributed by atoms with van der Waals surface area (Å²) in [5.41, 5.74) is 2.63. The third-order valence-electron chi connectivity index (χ3n) is 8.15. The van der Waals surface area contributed by atoms with Crippen LogP contribution in [0.2, 0.25) is 0 Å². The lowest BCUT2D eigenvalue weighted by atomic mass is 9.85. The first-order valence-corrected chi connectivity index (χ1v) is 13.5. The van der Waals surface area contributed by atoms with Gasteiger partial charge < -0.3 is 15.1 Å². The van der Waals surface area contributed by atoms with E-state index in [1.54, 1.807) is 55.4 Å². The van der Waals surface area contributed by atoms with Crippen molar-refractivity contribution in [2.45, 2.75) is 32.2 Å². The number of halogens is 2. The predicted molar refractivity (Wildman–Crippen MR) is 151 cm³/mol. The fraction of sp³-hybridized carbons (Fsp3) is 0.258. The maximum absolute atomic E-state index is 14.3. The molecule has 1 spiro atoms. The molecule has 42 heavy (non-hydrogen) atoms. The van der Waals surface area contributed by atoms with Gasteiger partial charge in [-0.2, -0.15) is 10.4 Å². The smallest absolute Gasteiger partial charge is 0.274 e. The van der Waals surface area contributed by atoms with Gasteiger partial charge in [0.2, 0.25) is 5.91 Å². The van der Waals surface area contributed by atoms with Crippen LogP contribution in [0.1, 0.15) is 40.0 Å². The number of carbonyl (C=O) groups excluding carboxylic acids is 2. The van der Waals surface area contributed by atoms with Crippen molar-refractivity contribution in [2.24, 2.45) is 0 Å². The number of hydrogen-bond donors (Lipinski definition) is 1. The molecule has 6 rings (SSSR count). The second-order valence-electron chi connectivity index (χ2n) is 10.7. The first-order valence-electron chi connectivity index (χ1n) is 13.5. The zero-order valence-corrected chi connectivity index (χ0v) is 23.1. The summed E-state index contributed by atoms with van der Waals surface area (Å²) >= 11 is 0. The average Bonchev–Trinajstić information content (AvgIpc) is 3.58. The van der Waals surface area contributed by atoms with Gasteiger partial charge in [0.25, 0.3) is 5.91 Å². The number of hydrogen-bond acceptors (Lipinski definition) is 6. The number of nitrogens with zero attached hydrogens (tertiary/aromatic N) is 6. The SMILES string of the molecule is Cc1cc(N2CNC(=O)C23CCN(C(=O)c2cc(-c4cccnc4)n(-c4ccc(F)c(C#N)c4)n2)CC3)cc(C)c1F. The van der Waals surface area contributed by atoms with Gasteiger partial charge >= 0.3 is 0 Å². The summed E-state index contributed by atoms with van der Waals surface area (Å²) in [5.74, 6) is -1.33. The summed E-state index contributed by atoms with van der Waals surface area (Å²) in [6, 6.07) is 14.6. The van der Waals surface area contributed by atoms with Crippen LogP contribution in [0.5, 0.6) is 0 Å². The number of piperidine rings is 1. The van der Waals surface area contributed by atoms with E-state index in [-0.39, 0.29) is 28.9 Å². The largest absolute Gasteiger partial charge is 0.339 e. The molecule has 2 saturated heterocycles. The minimum absolute atomic E-state index is 0.109. The highest BCUT2D eigenvalue weighted by atomic mass is 19.1. The molecule has 0 aliphatic carbocycles. The van der Waals surface area contributed by atoms with E-state index in [2.05, 4.69) is 15.4 Å². The molecule has 0 bridgehead atoms. The Bertz CT molecular complexity index is 1730. The van der Waals surface area contributed by atoms with Crippen LogP contribution in [0, 0.1) is 36.8 Å². The fourth-order valence-corrected chi connectivity index (χ4v) is 5.88. The number of aromatic nitrogens is 3. The molecule has 0 radical (unpaired) electrons. The number of nitrogens with one attached hydrogen (secondary N) is 1. The molecule has 2 aromatic heterocycles. The molecule has 0 unspecified atom stereocenters. The Morgan fingerprint density at radius 2 is 1.79 bits per heavy atom. The van der Waals surface area contributed by atoms with Gasteiger partial charge in [-0.1, -0.05) is 0 Å². The Hall–Kier alpha value is -5.11. The van der Waals surface area contributed by atoms with Crippen LogP contribution >= 0.6 is 0 Å². The first kappa shape index (κ1) is 27.1. The summed E-state index contributed by atoms with van der Waals surface area (Å²) in [6.07, 6.45) is 4.04. The van der Waals surface area contributed by atoms with Crippen LogP contribution in [0.3, 0.4) is 0 Å². The van der Waals surface area contributed by atoms with Gasteiger partial charge in [0.15, 0.2) is 5.69 Å². The molecule has 2 amide bonds. The molecule has 0 atom stereocenters. The van der Waals surface area contributed by atoms with Crippen molar-refractivity contribution < 1.29 is 18.4 Å². The lowest BCUT2D eigenvalue weighted by Gasteiger charge is -2.43. The molecular weight excluding hydrogens is 540 g/mol. The minimum Gasteiger partial charge on any atom is -0.339 e. The number of anilines is 1. The fourth-order valence-electron chi connectivity index (χ4n) is 5.88. The van der Waals surface area contributed by atoms with Gasteiger partial charge in [0.1, 0.15) is 23.2 Å². The molecule has 2 aliphatic rings. The van der Waals surface area contributed by atoms with Crippen LogP contribution in [-0.2, 0) is 4.79 Å². The van der Waals surface area contributed by atoms with Crippen LogP contribution < -0.4 is 10.2 Å². The van der Waals surface area contributed by atoms with E-state index in [0.717, 1.165) is 5.69 Å². The number of carbonyl (C=O) groups is 2. The maximum atomic E-state index is 14.3. The monoisotopic (exact) mass is 567 g/mol. The Labute approximate surface area is 241 Å². The van der Waals surface area contributed by atoms with E-state index in [0.29, 0.717) is 60.7 Å². The minimum atomic E-state index is -0.852. The second kappa shape index (κ2) is 10.4. The van der Waals surface area contributed by atoms with Crippen molar-refractivity contribution in [3.05, 3.63) is 94.9 Å². The number of likely N-dealkylation sites (tertiary alicyclic amines) is 1. The molecule has 2 aromatic carbocycles. The van der Waals surface area contributed by atoms with Gasteiger partial charge in [0, 0.05) is 36.7 Å². The van der Waals surface area contributed by atoms with Gasteiger partial charge in [-0.05, 0) is 86.3 Å². The zero-order valence-electron chi connectivity index (χ0n) is 23.1. The van der Waals surface area contributed by atoms with Crippen molar-refractivity contribution in [3.63, 3.8) is 0 Å². The highest BCUT2D eigenvalue weighted by Crippen LogP contribution is 2.38. The normalized spacial score (nSPS) is 16.0. The highest BCUT2D eigenvalue weighted by molar-refractivity contribution is 5.96. The van der Waals surface area contributed by atoms with Crippen LogP contribution in [0.15, 0.2) is 60.9 Å². The molecule has 4 heterocycles. The number of benzene rings is 2. The second-order valence-corrected chi connectivity index (χ2v) is 10.7. The molecule has 1 N–H and O–H groups in total. The lowest BCUT2D eigenvalue weighted by molar-refractivity contribution is -0.124. The molecule has 0 saturated carbocycles. The highest BCUT2D eigenvalue weighted by Gasteiger charge is 2.51. The summed E-state index contributed by atoms with van der Waals surface area (Å²) in [6.45, 7) is 4.34. The van der Waals surface area contributed by atoms with E-state index in [1.165, 1.54) is 22.9 Å². The summed E-state index contributed by atoms with van der Waals surface area (Å²) < 4.78 is 29.9. The molecule has 9 nitrogen and oxygen atoms in total. The van der Waals surface area contributed by atoms with Crippen molar-refractivity contribution in [2.75, 3.05) is 24.7 Å². The third-order valence-corrected chi connectivity index (χ3v) is 8.15. The average molecular weight is 568 g/mol. The van der Waals surface area contributed by atoms with E-state index < -0.39 is 11.4 Å². The Morgan fingerprint density at radius 3 is 2.45 bits per heavy atom. The number of amides is 2. The quantitative estimate of drug-likeness (QED) is 0.395. The molecule has 4 aromatic rings. The van der Waals surface area contributed by atoms with Crippen LogP contribution in [-0.4, -0.2) is 56.8 Å². The number of rotatable bonds is 4. The number of aryl methyl sites for hydroxylation is 2. The van der Waals surface area contributed by atoms with Crippen molar-refractivity contribution in [1.82, 2.24) is 25.0 Å². The number of nitriles is 1. The van der Waals surface area contributed by atoms with Gasteiger partial charge in [-0.25, -0.2) is 13.5 Å². The van der Waals surface area contributed by atoms with Crippen LogP contribution in [0.25, 0.3) is 16.9 Å². The van der Waals surface area contributed by atoms with Gasteiger partial charge in [-0.15, -0.1) is 0 Å². The molecule has 212 valence electrons. The molecule has 2 fully saturated rings. The molecular formula is C31H27F2N7O2. The summed E-state index contributed by atoms with van der Waals surface area (Å²) in [7, 11) is 0. The van der Waals surface area contributed by atoms with E-state index in [1.807, 2.05) is 17.0 Å². The Morgan fingerprint density at radius 1 is 1.05 bits per heavy atom. The summed E-state index contributed by atoms with van der Waals surface area (Å²) in [4.78, 5) is 34.7. The lowest BCUT2D eigenvalue weighted by Crippen LogP contribution is -2.57. The third kappa shape index (κ3) is 4.45. The van der Waals surface area contributed by atoms with Gasteiger partial charge in [0.05, 0.1) is 23.6 Å². The topological polar surface area (TPSA) is 107 Å². The Balaban J connectivity index is 1.29. The van der Waals surface area contributed by atoms with E-state index in [4.69, 9.17) is 0 Å². The Kier molecular flexibility index (Phi) is 6.69. The standard InChI is InChI=1S/C31H27F2N7O2/c1-19-12-24(13-20(2)28(19)33)39-18-36-30(42)31(39)7-10-38(11-8-31)29(41)26-15-27(21-4-3-9-35-17-21)40(37-26)23-5-6-25(32)22(14-23)16-34/h3-6,9,12-15,17H,7-8,10-11,18H2,1-2H3,(H,36,42). The maximum Gasteiger partial charge on any atom is 0.274 e. The van der Waals surface area contributed by atoms with E-state index >= 15 is 0 Å². The molecule has 2 aliphatic heterocycles. The summed E-state index contributed by atoms with van der Waals surface area (Å²) in [5, 5.41) is 16.8. The molecule has 11 heteroatoms. The van der Waals surface area contributed by atoms with Crippen molar-refractivity contribution in [3.8, 4) is 23.0 Å². The van der Waals surface area contributed by atoms with Gasteiger partial charge in [-0.3, -0.25) is 14.6 Å². The first-order chi connectivity index (χ1) is 20.2. The zero-order chi connectivity index (χ0) is 29.6. The predicted octanol–water partition coefficient (Wildman–Crippen LogP) is 4.27. The van der Waals surface area contributed by atoms with Crippen LogP contribution in [0.4, 0.5) is 14.5 Å². The number of pyridine rings is 1. The van der Waals surface area contributed by atoms with Crippen molar-refractivity contribution >= 4 is 17.5 Å². The van der Waals surface area contributed by atoms with E-state index in [9.17, 15) is 23.6 Å².